The van der Waals surface area contributed by atoms with Crippen molar-refractivity contribution < 1.29 is 22.7 Å². The Bertz CT molecular complexity index is 1050. The maximum Gasteiger partial charge on any atom is 0.356 e. The van der Waals surface area contributed by atoms with E-state index in [1.54, 1.807) is 39.0 Å². The van der Waals surface area contributed by atoms with E-state index in [-0.39, 0.29) is 16.8 Å². The summed E-state index contributed by atoms with van der Waals surface area (Å²) in [4.78, 5) is 12.5. The van der Waals surface area contributed by atoms with E-state index in [2.05, 4.69) is 5.32 Å². The summed E-state index contributed by atoms with van der Waals surface area (Å²) in [5, 5.41) is 3.04. The molecule has 30 heavy (non-hydrogen) atoms. The normalized spacial score (nSPS) is 20.8. The molecular weight excluding hydrogens is 402 g/mol. The minimum atomic E-state index is -4.17. The van der Waals surface area contributed by atoms with Gasteiger partial charge in [0.15, 0.2) is 0 Å². The Kier molecular flexibility index (Phi) is 5.94. The molecule has 2 aromatic carbocycles. The highest BCUT2D eigenvalue weighted by Gasteiger charge is 2.41. The van der Waals surface area contributed by atoms with Crippen LogP contribution in [-0.2, 0) is 24.1 Å². The van der Waals surface area contributed by atoms with E-state index in [0.29, 0.717) is 0 Å². The predicted molar refractivity (Wildman–Crippen MR) is 114 cm³/mol. The summed E-state index contributed by atoms with van der Waals surface area (Å²) >= 11 is 0. The fraction of sp³-hybridized carbons (Fsp3) is 0.348. The zero-order valence-electron chi connectivity index (χ0n) is 17.8. The van der Waals surface area contributed by atoms with E-state index < -0.39 is 32.4 Å². The Morgan fingerprint density at radius 3 is 2.20 bits per heavy atom. The number of rotatable bonds is 4. The number of benzene rings is 2. The average Bonchev–Trinajstić information content (AvgIpc) is 3.02. The van der Waals surface area contributed by atoms with E-state index in [1.807, 2.05) is 38.1 Å². The molecule has 1 aliphatic rings. The zero-order valence-corrected chi connectivity index (χ0v) is 18.6. The van der Waals surface area contributed by atoms with Crippen molar-refractivity contribution in [3.8, 4) is 0 Å². The van der Waals surface area contributed by atoms with E-state index >= 15 is 0 Å². The van der Waals surface area contributed by atoms with Crippen LogP contribution >= 0.6 is 0 Å². The molecule has 7 heteroatoms. The Hall–Kier alpha value is -2.80. The van der Waals surface area contributed by atoms with Crippen LogP contribution in [0.5, 0.6) is 0 Å². The Labute approximate surface area is 177 Å². The summed E-state index contributed by atoms with van der Waals surface area (Å²) in [5.74, 6) is -1.04. The lowest BCUT2D eigenvalue weighted by Gasteiger charge is -2.21. The van der Waals surface area contributed by atoms with Gasteiger partial charge < -0.3 is 14.8 Å². The summed E-state index contributed by atoms with van der Waals surface area (Å²) in [5.41, 5.74) is 1.13. The van der Waals surface area contributed by atoms with Gasteiger partial charge in [0.25, 0.3) is 0 Å². The van der Waals surface area contributed by atoms with Crippen LogP contribution < -0.4 is 5.32 Å². The van der Waals surface area contributed by atoms with Gasteiger partial charge in [-0.3, -0.25) is 0 Å². The van der Waals surface area contributed by atoms with Crippen molar-refractivity contribution in [2.75, 3.05) is 0 Å². The Morgan fingerprint density at radius 1 is 1.03 bits per heavy atom. The number of hydrogen-bond donors (Lipinski definition) is 1. The lowest BCUT2D eigenvalue weighted by molar-refractivity contribution is -0.149. The van der Waals surface area contributed by atoms with Crippen LogP contribution in [0.3, 0.4) is 0 Å². The molecule has 2 aromatic rings. The molecule has 6 nitrogen and oxygen atoms in total. The predicted octanol–water partition coefficient (Wildman–Crippen LogP) is 4.03. The van der Waals surface area contributed by atoms with Crippen LogP contribution in [0.1, 0.15) is 44.9 Å². The van der Waals surface area contributed by atoms with Crippen LogP contribution in [0.25, 0.3) is 0 Å². The molecule has 0 bridgehead atoms. The van der Waals surface area contributed by atoms with Crippen LogP contribution in [0.2, 0.25) is 0 Å². The van der Waals surface area contributed by atoms with Crippen LogP contribution in [0, 0.1) is 6.92 Å². The van der Waals surface area contributed by atoms with Gasteiger partial charge in [0, 0.05) is 0 Å². The minimum absolute atomic E-state index is 0.00445. The zero-order chi connectivity index (χ0) is 22.1. The fourth-order valence-electron chi connectivity index (χ4n) is 3.14. The van der Waals surface area contributed by atoms with Gasteiger partial charge in [0.1, 0.15) is 11.7 Å². The second-order valence-electron chi connectivity index (χ2n) is 8.36. The summed E-state index contributed by atoms with van der Waals surface area (Å²) in [7, 11) is -4.17. The van der Waals surface area contributed by atoms with Crippen LogP contribution in [0.15, 0.2) is 70.3 Å². The lowest BCUT2D eigenvalue weighted by Crippen LogP contribution is -2.30. The molecule has 1 aliphatic heterocycles. The highest BCUT2D eigenvalue weighted by molar-refractivity contribution is 7.96. The van der Waals surface area contributed by atoms with E-state index in [4.69, 9.17) is 9.47 Å². The van der Waals surface area contributed by atoms with Crippen LogP contribution in [-0.4, -0.2) is 26.0 Å². The molecule has 1 N–H and O–H groups in total. The Morgan fingerprint density at radius 2 is 1.63 bits per heavy atom. The summed E-state index contributed by atoms with van der Waals surface area (Å²) in [6, 6.07) is 15.3. The number of nitrogens with one attached hydrogen (secondary N) is 1. The maximum absolute atomic E-state index is 13.4. The van der Waals surface area contributed by atoms with Gasteiger partial charge in [-0.2, -0.15) is 0 Å². The number of carbonyl (C=O) groups excluding carboxylic acids is 1. The highest BCUT2D eigenvalue weighted by atomic mass is 32.2. The maximum atomic E-state index is 13.4. The number of aryl methyl sites for hydroxylation is 1. The first-order valence-electron chi connectivity index (χ1n) is 9.76. The quantitative estimate of drug-likeness (QED) is 0.584. The van der Waals surface area contributed by atoms with Crippen molar-refractivity contribution in [3.05, 3.63) is 76.5 Å². The molecule has 0 saturated carbocycles. The number of sulfone groups is 1. The third kappa shape index (κ3) is 4.67. The molecule has 0 amide bonds. The second-order valence-corrected chi connectivity index (χ2v) is 10.2. The van der Waals surface area contributed by atoms with Gasteiger partial charge in [-0.1, -0.05) is 48.0 Å². The molecule has 0 radical (unpaired) electrons. The van der Waals surface area contributed by atoms with Gasteiger partial charge >= 0.3 is 5.97 Å². The fourth-order valence-corrected chi connectivity index (χ4v) is 4.51. The van der Waals surface area contributed by atoms with Crippen molar-refractivity contribution in [1.29, 1.82) is 0 Å². The third-order valence-electron chi connectivity index (χ3n) is 4.58. The summed E-state index contributed by atoms with van der Waals surface area (Å²) in [6.07, 6.45) is -0.441. The van der Waals surface area contributed by atoms with Gasteiger partial charge in [0.2, 0.25) is 20.6 Å². The van der Waals surface area contributed by atoms with Crippen molar-refractivity contribution in [2.45, 2.75) is 57.3 Å². The average molecular weight is 430 g/mol. The standard InChI is InChI=1S/C23H27NO5S/c1-15-11-13-17(14-12-15)19-16(2)24-21(28-19)20(22(25)29-23(3,4)5)30(26,27)18-9-7-6-8-10-18/h6-14,16,19,24H,1-5H3/t16-,19+/m1/s1. The van der Waals surface area contributed by atoms with Crippen molar-refractivity contribution >= 4 is 15.8 Å². The van der Waals surface area contributed by atoms with Crippen molar-refractivity contribution in [3.63, 3.8) is 0 Å². The first-order chi connectivity index (χ1) is 14.0. The summed E-state index contributed by atoms with van der Waals surface area (Å²) in [6.45, 7) is 8.91. The smallest absolute Gasteiger partial charge is 0.356 e. The van der Waals surface area contributed by atoms with E-state index in [1.165, 1.54) is 12.1 Å². The molecule has 2 atom stereocenters. The molecule has 1 heterocycles. The molecule has 1 fully saturated rings. The summed E-state index contributed by atoms with van der Waals surface area (Å²) < 4.78 is 38.1. The van der Waals surface area contributed by atoms with Crippen LogP contribution in [0.4, 0.5) is 0 Å². The first kappa shape index (κ1) is 21.9. The molecule has 1 saturated heterocycles. The highest BCUT2D eigenvalue weighted by Crippen LogP contribution is 2.34. The second kappa shape index (κ2) is 8.14. The largest absolute Gasteiger partial charge is 0.468 e. The topological polar surface area (TPSA) is 81.7 Å². The number of esters is 1. The van der Waals surface area contributed by atoms with Gasteiger partial charge in [-0.25, -0.2) is 13.2 Å². The van der Waals surface area contributed by atoms with Gasteiger partial charge in [0.05, 0.1) is 10.9 Å². The first-order valence-corrected chi connectivity index (χ1v) is 11.2. The molecule has 0 unspecified atom stereocenters. The molecule has 0 aliphatic carbocycles. The SMILES string of the molecule is Cc1ccc([C@H]2OC(=C(C(=O)OC(C)(C)C)S(=O)(=O)c3ccccc3)N[C@@H]2C)cc1. The molecule has 3 rings (SSSR count). The molecule has 0 spiro atoms. The number of hydrogen-bond acceptors (Lipinski definition) is 6. The molecule has 0 aromatic heterocycles. The van der Waals surface area contributed by atoms with Crippen molar-refractivity contribution in [1.82, 2.24) is 5.32 Å². The lowest BCUT2D eigenvalue weighted by atomic mass is 10.0. The third-order valence-corrected chi connectivity index (χ3v) is 6.36. The van der Waals surface area contributed by atoms with Crippen molar-refractivity contribution in [2.24, 2.45) is 0 Å². The van der Waals surface area contributed by atoms with Gasteiger partial charge in [-0.05, 0) is 52.3 Å². The monoisotopic (exact) mass is 429 g/mol. The number of ether oxygens (including phenoxy) is 2. The molecular formula is C23H27NO5S. The van der Waals surface area contributed by atoms with Gasteiger partial charge in [-0.15, -0.1) is 0 Å². The Balaban J connectivity index is 2.08. The minimum Gasteiger partial charge on any atom is -0.468 e. The van der Waals surface area contributed by atoms with E-state index in [0.717, 1.165) is 11.1 Å². The van der Waals surface area contributed by atoms with E-state index in [9.17, 15) is 13.2 Å². The number of carbonyl (C=O) groups is 1. The molecule has 160 valence electrons.